The van der Waals surface area contributed by atoms with Crippen molar-refractivity contribution in [2.24, 2.45) is 5.10 Å². The van der Waals surface area contributed by atoms with Gasteiger partial charge in [0.05, 0.1) is 36.6 Å². The number of alkyl halides is 3. The minimum absolute atomic E-state index is 0.0635. The van der Waals surface area contributed by atoms with E-state index in [1.165, 1.54) is 55.8 Å². The summed E-state index contributed by atoms with van der Waals surface area (Å²) in [6.07, 6.45) is -4.50. The van der Waals surface area contributed by atoms with Gasteiger partial charge < -0.3 is 14.2 Å². The summed E-state index contributed by atoms with van der Waals surface area (Å²) in [4.78, 5) is 23.8. The van der Waals surface area contributed by atoms with E-state index in [-0.39, 0.29) is 22.1 Å². The summed E-state index contributed by atoms with van der Waals surface area (Å²) >= 11 is 0. The second-order valence-electron chi connectivity index (χ2n) is 8.13. The molecule has 0 saturated heterocycles. The molecule has 1 N–H and O–H groups in total. The van der Waals surface area contributed by atoms with Crippen LogP contribution in [0.2, 0.25) is 0 Å². The summed E-state index contributed by atoms with van der Waals surface area (Å²) in [6, 6.07) is 13.6. The normalized spacial score (nSPS) is 11.7. The van der Waals surface area contributed by atoms with Gasteiger partial charge in [-0.3, -0.25) is 9.10 Å². The van der Waals surface area contributed by atoms with Gasteiger partial charge >= 0.3 is 12.3 Å². The fourth-order valence-electron chi connectivity index (χ4n) is 3.31. The Labute approximate surface area is 228 Å². The zero-order chi connectivity index (χ0) is 29.5. The van der Waals surface area contributed by atoms with E-state index in [1.54, 1.807) is 6.92 Å². The Bertz CT molecular complexity index is 1510. The number of halogens is 3. The van der Waals surface area contributed by atoms with Crippen LogP contribution < -0.4 is 19.2 Å². The molecular formula is C26H24F3N3O7S. The molecule has 14 heteroatoms. The molecule has 0 aromatic heterocycles. The van der Waals surface area contributed by atoms with Crippen molar-refractivity contribution in [2.75, 3.05) is 25.1 Å². The van der Waals surface area contributed by atoms with Crippen molar-refractivity contribution in [3.8, 4) is 11.5 Å². The van der Waals surface area contributed by atoms with E-state index < -0.39 is 40.4 Å². The molecule has 0 spiro atoms. The number of carbonyl (C=O) groups excluding carboxylic acids is 2. The molecule has 40 heavy (non-hydrogen) atoms. The molecule has 0 aliphatic rings. The molecule has 0 aliphatic heterocycles. The molecule has 10 nitrogen and oxygen atoms in total. The van der Waals surface area contributed by atoms with Crippen molar-refractivity contribution in [2.45, 2.75) is 18.0 Å². The molecule has 0 radical (unpaired) electrons. The minimum Gasteiger partial charge on any atom is -0.493 e. The van der Waals surface area contributed by atoms with Crippen LogP contribution in [0.25, 0.3) is 0 Å². The SMILES string of the molecule is COC(=O)Oc1ccc(/C=N\NC(=O)CN(c2cccc(C(F)(F)F)c2)S(=O)(=O)c2ccc(C)cc2)cc1OC. The summed E-state index contributed by atoms with van der Waals surface area (Å²) in [7, 11) is -1.98. The largest absolute Gasteiger partial charge is 0.513 e. The molecule has 1 amide bonds. The van der Waals surface area contributed by atoms with Gasteiger partial charge in [0.1, 0.15) is 6.54 Å². The first-order valence-corrected chi connectivity index (χ1v) is 12.8. The number of benzene rings is 3. The Morgan fingerprint density at radius 1 is 1.00 bits per heavy atom. The first kappa shape index (κ1) is 30.0. The van der Waals surface area contributed by atoms with Crippen molar-refractivity contribution in [1.29, 1.82) is 0 Å². The molecule has 0 heterocycles. The van der Waals surface area contributed by atoms with Crippen molar-refractivity contribution >= 4 is 34.0 Å². The molecule has 0 aliphatic carbocycles. The second kappa shape index (κ2) is 12.5. The van der Waals surface area contributed by atoms with Gasteiger partial charge in [-0.1, -0.05) is 23.8 Å². The number of nitrogens with one attached hydrogen (secondary N) is 1. The lowest BCUT2D eigenvalue weighted by molar-refractivity contribution is -0.137. The predicted molar refractivity (Wildman–Crippen MR) is 139 cm³/mol. The molecular weight excluding hydrogens is 555 g/mol. The van der Waals surface area contributed by atoms with Gasteiger partial charge in [-0.05, 0) is 61.0 Å². The van der Waals surface area contributed by atoms with Crippen molar-refractivity contribution in [1.82, 2.24) is 5.43 Å². The first-order chi connectivity index (χ1) is 18.8. The van der Waals surface area contributed by atoms with Crippen molar-refractivity contribution in [3.05, 3.63) is 83.4 Å². The van der Waals surface area contributed by atoms with Crippen LogP contribution >= 0.6 is 0 Å². The zero-order valence-corrected chi connectivity index (χ0v) is 22.2. The highest BCUT2D eigenvalue weighted by Crippen LogP contribution is 2.33. The van der Waals surface area contributed by atoms with Crippen LogP contribution in [0.15, 0.2) is 76.7 Å². The number of nitrogens with zero attached hydrogens (tertiary/aromatic N) is 2. The van der Waals surface area contributed by atoms with Crippen LogP contribution in [0.3, 0.4) is 0 Å². The van der Waals surface area contributed by atoms with Gasteiger partial charge in [-0.25, -0.2) is 18.6 Å². The Morgan fingerprint density at radius 3 is 2.33 bits per heavy atom. The minimum atomic E-state index is -4.74. The second-order valence-corrected chi connectivity index (χ2v) is 9.99. The van der Waals surface area contributed by atoms with E-state index in [0.29, 0.717) is 15.9 Å². The van der Waals surface area contributed by atoms with Crippen molar-refractivity contribution < 1.29 is 45.4 Å². The lowest BCUT2D eigenvalue weighted by Crippen LogP contribution is -2.39. The topological polar surface area (TPSA) is 124 Å². The van der Waals surface area contributed by atoms with Crippen molar-refractivity contribution in [3.63, 3.8) is 0 Å². The van der Waals surface area contributed by atoms with Crippen LogP contribution in [0, 0.1) is 6.92 Å². The maximum atomic E-state index is 13.4. The maximum Gasteiger partial charge on any atom is 0.513 e. The van der Waals surface area contributed by atoms with Crippen LogP contribution in [-0.4, -0.2) is 47.5 Å². The average Bonchev–Trinajstić information content (AvgIpc) is 2.92. The molecule has 3 aromatic carbocycles. The number of hydrogen-bond donors (Lipinski definition) is 1. The number of aryl methyl sites for hydroxylation is 1. The Kier molecular flexibility index (Phi) is 9.37. The van der Waals surface area contributed by atoms with Crippen LogP contribution in [0.5, 0.6) is 11.5 Å². The van der Waals surface area contributed by atoms with E-state index in [4.69, 9.17) is 9.47 Å². The summed E-state index contributed by atoms with van der Waals surface area (Å²) < 4.78 is 81.9. The van der Waals surface area contributed by atoms with Gasteiger partial charge in [-0.2, -0.15) is 18.3 Å². The number of rotatable bonds is 9. The number of carbonyl (C=O) groups is 2. The molecule has 212 valence electrons. The Morgan fingerprint density at radius 2 is 1.70 bits per heavy atom. The van der Waals surface area contributed by atoms with Gasteiger partial charge in [0.25, 0.3) is 15.9 Å². The molecule has 0 unspecified atom stereocenters. The smallest absolute Gasteiger partial charge is 0.493 e. The predicted octanol–water partition coefficient (Wildman–Crippen LogP) is 4.51. The molecule has 0 atom stereocenters. The van der Waals surface area contributed by atoms with E-state index in [9.17, 15) is 31.2 Å². The molecule has 3 aromatic rings. The monoisotopic (exact) mass is 579 g/mol. The quantitative estimate of drug-likeness (QED) is 0.171. The van der Waals surface area contributed by atoms with Gasteiger partial charge in [0, 0.05) is 0 Å². The Hall–Kier alpha value is -4.59. The number of hydrogen-bond acceptors (Lipinski definition) is 8. The van der Waals surface area contributed by atoms with Crippen LogP contribution in [0.1, 0.15) is 16.7 Å². The highest BCUT2D eigenvalue weighted by atomic mass is 32.2. The highest BCUT2D eigenvalue weighted by Gasteiger charge is 2.33. The van der Waals surface area contributed by atoms with Gasteiger partial charge in [0.15, 0.2) is 11.5 Å². The standard InChI is InChI=1S/C26H24F3N3O7S/c1-17-7-10-21(11-8-17)40(35,36)32(20-6-4-5-19(14-20)26(27,28)29)16-24(33)31-30-15-18-9-12-22(23(13-18)37-2)39-25(34)38-3/h4-15H,16H2,1-3H3,(H,31,33)/b30-15-. The molecule has 0 saturated carbocycles. The first-order valence-electron chi connectivity index (χ1n) is 11.4. The summed E-state index contributed by atoms with van der Waals surface area (Å²) in [5.74, 6) is -0.712. The van der Waals surface area contributed by atoms with E-state index in [0.717, 1.165) is 30.9 Å². The third-order valence-corrected chi connectivity index (χ3v) is 7.10. The fourth-order valence-corrected chi connectivity index (χ4v) is 4.73. The third kappa shape index (κ3) is 7.50. The summed E-state index contributed by atoms with van der Waals surface area (Å²) in [5.41, 5.74) is 1.88. The number of sulfonamides is 1. The number of amides is 1. The van der Waals surface area contributed by atoms with Crippen LogP contribution in [-0.2, 0) is 25.7 Å². The highest BCUT2D eigenvalue weighted by molar-refractivity contribution is 7.92. The lowest BCUT2D eigenvalue weighted by Gasteiger charge is -2.24. The van der Waals surface area contributed by atoms with Gasteiger partial charge in [-0.15, -0.1) is 0 Å². The maximum absolute atomic E-state index is 13.4. The number of ether oxygens (including phenoxy) is 3. The van der Waals surface area contributed by atoms with E-state index in [1.807, 2.05) is 0 Å². The number of methoxy groups -OCH3 is 2. The zero-order valence-electron chi connectivity index (χ0n) is 21.4. The lowest BCUT2D eigenvalue weighted by atomic mass is 10.2. The molecule has 0 bridgehead atoms. The summed E-state index contributed by atoms with van der Waals surface area (Å²) in [6.45, 7) is 0.867. The van der Waals surface area contributed by atoms with E-state index >= 15 is 0 Å². The summed E-state index contributed by atoms with van der Waals surface area (Å²) in [5, 5.41) is 3.78. The third-order valence-electron chi connectivity index (χ3n) is 5.31. The average molecular weight is 580 g/mol. The molecule has 3 rings (SSSR count). The van der Waals surface area contributed by atoms with E-state index in [2.05, 4.69) is 15.3 Å². The number of hydrazone groups is 1. The molecule has 0 fully saturated rings. The van der Waals surface area contributed by atoms with Gasteiger partial charge in [0.2, 0.25) is 0 Å². The fraction of sp³-hybridized carbons (Fsp3) is 0.192. The number of anilines is 1. The Balaban J connectivity index is 1.85. The van der Waals surface area contributed by atoms with Crippen LogP contribution in [0.4, 0.5) is 23.7 Å².